The minimum absolute atomic E-state index is 0.0586. The maximum absolute atomic E-state index is 9.75. The van der Waals surface area contributed by atoms with Gasteiger partial charge in [0.15, 0.2) is 0 Å². The zero-order chi connectivity index (χ0) is 21.3. The van der Waals surface area contributed by atoms with Crippen LogP contribution in [0, 0.1) is 18.3 Å². The number of nitrogens with two attached hydrogens (primary N) is 1. The molecular formula is C22H19BrN4O3. The van der Waals surface area contributed by atoms with Gasteiger partial charge in [-0.25, -0.2) is 0 Å². The molecule has 0 radical (unpaired) electrons. The lowest BCUT2D eigenvalue weighted by Gasteiger charge is -2.24. The van der Waals surface area contributed by atoms with Gasteiger partial charge in [0.05, 0.1) is 17.5 Å². The largest absolute Gasteiger partial charge is 0.496 e. The number of methoxy groups -OCH3 is 1. The van der Waals surface area contributed by atoms with E-state index in [2.05, 4.69) is 32.2 Å². The van der Waals surface area contributed by atoms with Crippen LogP contribution in [0.3, 0.4) is 0 Å². The van der Waals surface area contributed by atoms with E-state index in [1.54, 1.807) is 7.11 Å². The van der Waals surface area contributed by atoms with Crippen LogP contribution in [0.1, 0.15) is 28.3 Å². The summed E-state index contributed by atoms with van der Waals surface area (Å²) < 4.78 is 17.9. The highest BCUT2D eigenvalue weighted by Gasteiger charge is 2.34. The van der Waals surface area contributed by atoms with Gasteiger partial charge in [-0.15, -0.1) is 5.10 Å². The standard InChI is InChI=1S/C22H19BrN4O3/c1-12-19-20(15(10-24)21(25)30-22(19)27-26-12)13-7-8-17(28-2)14(9-13)11-29-18-6-4-3-5-16(18)23/h3-9,20H,11,25H2,1-2H3,(H,26,27)/t20-/m0/s1. The van der Waals surface area contributed by atoms with Crippen molar-refractivity contribution in [3.05, 3.63) is 80.8 Å². The van der Waals surface area contributed by atoms with E-state index in [9.17, 15) is 5.26 Å². The van der Waals surface area contributed by atoms with Crippen molar-refractivity contribution in [2.45, 2.75) is 19.4 Å². The topological polar surface area (TPSA) is 106 Å². The Hall–Kier alpha value is -3.44. The second-order valence-corrected chi connectivity index (χ2v) is 7.64. The molecule has 0 aliphatic carbocycles. The van der Waals surface area contributed by atoms with Crippen LogP contribution >= 0.6 is 15.9 Å². The second kappa shape index (κ2) is 8.13. The number of fused-ring (bicyclic) bond motifs is 1. The van der Waals surface area contributed by atoms with Crippen molar-refractivity contribution in [1.82, 2.24) is 10.2 Å². The predicted octanol–water partition coefficient (Wildman–Crippen LogP) is 4.29. The molecule has 1 aliphatic heterocycles. The lowest BCUT2D eigenvalue weighted by atomic mass is 9.83. The number of ether oxygens (including phenoxy) is 3. The molecule has 0 saturated carbocycles. The number of benzene rings is 2. The SMILES string of the molecule is COc1ccc([C@H]2C(C#N)=C(N)Oc3n[nH]c(C)c32)cc1COc1ccccc1Br. The minimum Gasteiger partial charge on any atom is -0.496 e. The quantitative estimate of drug-likeness (QED) is 0.580. The first kappa shape index (κ1) is 19.9. The number of aromatic amines is 1. The van der Waals surface area contributed by atoms with Crippen LogP contribution in [0.4, 0.5) is 0 Å². The van der Waals surface area contributed by atoms with E-state index >= 15 is 0 Å². The Kier molecular flexibility index (Phi) is 5.38. The van der Waals surface area contributed by atoms with Gasteiger partial charge in [-0.05, 0) is 52.7 Å². The zero-order valence-electron chi connectivity index (χ0n) is 16.4. The van der Waals surface area contributed by atoms with Crippen LogP contribution in [-0.4, -0.2) is 17.3 Å². The molecule has 2 aromatic carbocycles. The van der Waals surface area contributed by atoms with Crippen LogP contribution in [0.5, 0.6) is 17.4 Å². The number of nitrogens with one attached hydrogen (secondary N) is 1. The molecular weight excluding hydrogens is 448 g/mol. The molecule has 0 spiro atoms. The van der Waals surface area contributed by atoms with Gasteiger partial charge in [0, 0.05) is 16.8 Å². The second-order valence-electron chi connectivity index (χ2n) is 6.78. The Bertz CT molecular complexity index is 1180. The predicted molar refractivity (Wildman–Crippen MR) is 114 cm³/mol. The van der Waals surface area contributed by atoms with Crippen molar-refractivity contribution in [3.63, 3.8) is 0 Å². The van der Waals surface area contributed by atoms with Gasteiger partial charge in [-0.2, -0.15) is 5.26 Å². The third-order valence-electron chi connectivity index (χ3n) is 4.99. The van der Waals surface area contributed by atoms with Crippen LogP contribution in [0.15, 0.2) is 58.4 Å². The van der Waals surface area contributed by atoms with Crippen molar-refractivity contribution in [1.29, 1.82) is 5.26 Å². The molecule has 4 rings (SSSR count). The molecule has 8 heteroatoms. The number of nitrogens with zero attached hydrogens (tertiary/aromatic N) is 2. The normalized spacial score (nSPS) is 15.2. The summed E-state index contributed by atoms with van der Waals surface area (Å²) in [6.45, 7) is 2.18. The Morgan fingerprint density at radius 1 is 1.27 bits per heavy atom. The van der Waals surface area contributed by atoms with Crippen molar-refractivity contribution in [2.24, 2.45) is 5.73 Å². The molecule has 0 saturated heterocycles. The number of para-hydroxylation sites is 1. The lowest BCUT2D eigenvalue weighted by molar-refractivity contribution is 0.294. The number of hydrogen-bond acceptors (Lipinski definition) is 6. The zero-order valence-corrected chi connectivity index (χ0v) is 18.0. The summed E-state index contributed by atoms with van der Waals surface area (Å²) in [6, 6.07) is 15.6. The molecule has 0 bridgehead atoms. The van der Waals surface area contributed by atoms with Gasteiger partial charge in [0.2, 0.25) is 11.8 Å². The van der Waals surface area contributed by atoms with Gasteiger partial charge in [-0.1, -0.05) is 18.2 Å². The average molecular weight is 467 g/mol. The van der Waals surface area contributed by atoms with Crippen molar-refractivity contribution < 1.29 is 14.2 Å². The first-order valence-electron chi connectivity index (χ1n) is 9.20. The average Bonchev–Trinajstić information content (AvgIpc) is 3.12. The highest BCUT2D eigenvalue weighted by Crippen LogP contribution is 2.43. The Labute approximate surface area is 182 Å². The van der Waals surface area contributed by atoms with Crippen LogP contribution in [-0.2, 0) is 6.61 Å². The van der Waals surface area contributed by atoms with Crippen LogP contribution < -0.4 is 19.9 Å². The number of halogens is 1. The van der Waals surface area contributed by atoms with Crippen molar-refractivity contribution >= 4 is 15.9 Å². The Morgan fingerprint density at radius 2 is 2.07 bits per heavy atom. The summed E-state index contributed by atoms with van der Waals surface area (Å²) in [4.78, 5) is 0. The van der Waals surface area contributed by atoms with E-state index in [1.165, 1.54) is 0 Å². The highest BCUT2D eigenvalue weighted by molar-refractivity contribution is 9.10. The van der Waals surface area contributed by atoms with Gasteiger partial charge in [0.25, 0.3) is 0 Å². The fourth-order valence-electron chi connectivity index (χ4n) is 3.54. The maximum Gasteiger partial charge on any atom is 0.244 e. The third kappa shape index (κ3) is 3.48. The van der Waals surface area contributed by atoms with Crippen LogP contribution in [0.25, 0.3) is 0 Å². The van der Waals surface area contributed by atoms with E-state index in [1.807, 2.05) is 49.4 Å². The molecule has 152 valence electrons. The third-order valence-corrected chi connectivity index (χ3v) is 5.64. The van der Waals surface area contributed by atoms with Gasteiger partial charge < -0.3 is 19.9 Å². The molecule has 3 N–H and O–H groups in total. The van der Waals surface area contributed by atoms with Crippen LogP contribution in [0.2, 0.25) is 0 Å². The molecule has 0 fully saturated rings. The fourth-order valence-corrected chi connectivity index (χ4v) is 3.94. The molecule has 3 aromatic rings. The first-order valence-corrected chi connectivity index (χ1v) is 9.99. The monoisotopic (exact) mass is 466 g/mol. The summed E-state index contributed by atoms with van der Waals surface area (Å²) in [7, 11) is 1.61. The summed E-state index contributed by atoms with van der Waals surface area (Å²) in [6.07, 6.45) is 0. The van der Waals surface area contributed by atoms with E-state index in [0.29, 0.717) is 23.8 Å². The molecule has 0 amide bonds. The van der Waals surface area contributed by atoms with Crippen molar-refractivity contribution in [2.75, 3.05) is 7.11 Å². The fraction of sp³-hybridized carbons (Fsp3) is 0.182. The summed E-state index contributed by atoms with van der Waals surface area (Å²) in [5.74, 6) is 1.47. The summed E-state index contributed by atoms with van der Waals surface area (Å²) >= 11 is 3.49. The Balaban J connectivity index is 1.75. The lowest BCUT2D eigenvalue weighted by Crippen LogP contribution is -2.21. The van der Waals surface area contributed by atoms with Gasteiger partial charge in [-0.3, -0.25) is 5.10 Å². The van der Waals surface area contributed by atoms with E-state index in [-0.39, 0.29) is 5.88 Å². The number of rotatable bonds is 5. The number of nitriles is 1. The van der Waals surface area contributed by atoms with Crippen molar-refractivity contribution in [3.8, 4) is 23.4 Å². The number of hydrogen-bond donors (Lipinski definition) is 2. The molecule has 1 aliphatic rings. The minimum atomic E-state index is -0.398. The smallest absolute Gasteiger partial charge is 0.244 e. The number of aryl methyl sites for hydroxylation is 1. The number of allylic oxidation sites excluding steroid dienone is 1. The van der Waals surface area contributed by atoms with E-state index < -0.39 is 5.92 Å². The van der Waals surface area contributed by atoms with E-state index in [0.717, 1.165) is 32.6 Å². The number of H-pyrrole nitrogens is 1. The number of aromatic nitrogens is 2. The molecule has 1 aromatic heterocycles. The molecule has 2 heterocycles. The Morgan fingerprint density at radius 3 is 2.80 bits per heavy atom. The molecule has 0 unspecified atom stereocenters. The van der Waals surface area contributed by atoms with E-state index in [4.69, 9.17) is 19.9 Å². The summed E-state index contributed by atoms with van der Waals surface area (Å²) in [5, 5.41) is 16.8. The first-order chi connectivity index (χ1) is 14.5. The maximum atomic E-state index is 9.75. The molecule has 30 heavy (non-hydrogen) atoms. The molecule has 7 nitrogen and oxygen atoms in total. The molecule has 1 atom stereocenters. The summed E-state index contributed by atoms with van der Waals surface area (Å²) in [5.41, 5.74) is 9.68. The highest BCUT2D eigenvalue weighted by atomic mass is 79.9. The van der Waals surface area contributed by atoms with Gasteiger partial charge in [0.1, 0.15) is 29.7 Å². The van der Waals surface area contributed by atoms with Gasteiger partial charge >= 0.3 is 0 Å².